The Labute approximate surface area is 165 Å². The summed E-state index contributed by atoms with van der Waals surface area (Å²) in [6, 6.07) is 9.84. The number of benzene rings is 2. The lowest BCUT2D eigenvalue weighted by Crippen LogP contribution is -2.28. The molecule has 0 N–H and O–H groups in total. The summed E-state index contributed by atoms with van der Waals surface area (Å²) in [5, 5.41) is 0.831. The zero-order chi connectivity index (χ0) is 19.2. The number of hydrogen-bond donors (Lipinski definition) is 0. The average Bonchev–Trinajstić information content (AvgIpc) is 3.08. The van der Waals surface area contributed by atoms with E-state index in [4.69, 9.17) is 11.6 Å². The van der Waals surface area contributed by atoms with E-state index < -0.39 is 15.7 Å². The van der Waals surface area contributed by atoms with E-state index in [9.17, 15) is 17.2 Å². The molecule has 1 saturated heterocycles. The molecule has 142 valence electrons. The molecule has 0 amide bonds. The molecule has 0 aromatic heterocycles. The molecule has 1 fully saturated rings. The lowest BCUT2D eigenvalue weighted by molar-refractivity contribution is 0.601. The van der Waals surface area contributed by atoms with Crippen molar-refractivity contribution in [1.29, 1.82) is 0 Å². The standard InChI is InChI=1S/C18H15ClF2N2O2S2/c19-15-7-13(21)2-1-11(15)8-23(14-5-3-12(20)4-6-14)18-22-16-9-27(24,25)10-17(16)26-18/h1-7,16-17H,8-10H2. The molecule has 2 aliphatic heterocycles. The molecule has 2 aliphatic rings. The topological polar surface area (TPSA) is 49.7 Å². The Balaban J connectivity index is 1.68. The first-order valence-electron chi connectivity index (χ1n) is 8.23. The number of hydrogen-bond acceptors (Lipinski definition) is 5. The van der Waals surface area contributed by atoms with Gasteiger partial charge in [0.15, 0.2) is 15.0 Å². The quantitative estimate of drug-likeness (QED) is 0.744. The molecule has 2 aromatic rings. The van der Waals surface area contributed by atoms with Gasteiger partial charge >= 0.3 is 0 Å². The van der Waals surface area contributed by atoms with E-state index in [1.807, 2.05) is 4.90 Å². The van der Waals surface area contributed by atoms with E-state index in [0.29, 0.717) is 23.0 Å². The van der Waals surface area contributed by atoms with Crippen molar-refractivity contribution < 1.29 is 17.2 Å². The molecule has 0 saturated carbocycles. The highest BCUT2D eigenvalue weighted by Crippen LogP contribution is 2.37. The van der Waals surface area contributed by atoms with E-state index in [-0.39, 0.29) is 33.6 Å². The Morgan fingerprint density at radius 3 is 2.48 bits per heavy atom. The van der Waals surface area contributed by atoms with Gasteiger partial charge in [-0.25, -0.2) is 17.2 Å². The van der Waals surface area contributed by atoms with Crippen LogP contribution in [0, 0.1) is 11.6 Å². The third kappa shape index (κ3) is 3.97. The molecule has 4 rings (SSSR count). The number of halogens is 3. The second-order valence-corrected chi connectivity index (χ2v) is 10.3. The molecule has 2 unspecified atom stereocenters. The van der Waals surface area contributed by atoms with Gasteiger partial charge in [0.25, 0.3) is 0 Å². The predicted octanol–water partition coefficient (Wildman–Crippen LogP) is 3.89. The van der Waals surface area contributed by atoms with E-state index in [0.717, 1.165) is 0 Å². The van der Waals surface area contributed by atoms with Crippen LogP contribution >= 0.6 is 23.4 Å². The summed E-state index contributed by atoms with van der Waals surface area (Å²) in [5.74, 6) is -0.640. The van der Waals surface area contributed by atoms with Crippen LogP contribution in [0.2, 0.25) is 5.02 Å². The number of fused-ring (bicyclic) bond motifs is 1. The first kappa shape index (κ1) is 18.7. The summed E-state index contributed by atoms with van der Waals surface area (Å²) < 4.78 is 50.3. The van der Waals surface area contributed by atoms with Crippen LogP contribution in [0.1, 0.15) is 5.56 Å². The fourth-order valence-corrected chi connectivity index (χ4v) is 7.19. The highest BCUT2D eigenvalue weighted by Gasteiger charge is 2.44. The van der Waals surface area contributed by atoms with E-state index in [2.05, 4.69) is 4.99 Å². The fraction of sp³-hybridized carbons (Fsp3) is 0.278. The van der Waals surface area contributed by atoms with Gasteiger partial charge < -0.3 is 4.90 Å². The van der Waals surface area contributed by atoms with Crippen molar-refractivity contribution in [2.45, 2.75) is 17.8 Å². The van der Waals surface area contributed by atoms with Gasteiger partial charge in [0, 0.05) is 16.0 Å². The molecule has 0 spiro atoms. The molecule has 4 nitrogen and oxygen atoms in total. The van der Waals surface area contributed by atoms with Crippen molar-refractivity contribution in [2.24, 2.45) is 4.99 Å². The van der Waals surface area contributed by atoms with Gasteiger partial charge in [0.2, 0.25) is 0 Å². The zero-order valence-electron chi connectivity index (χ0n) is 14.0. The van der Waals surface area contributed by atoms with Gasteiger partial charge in [-0.05, 0) is 42.0 Å². The number of thioether (sulfide) groups is 1. The van der Waals surface area contributed by atoms with Crippen LogP contribution in [0.25, 0.3) is 0 Å². The Kier molecular flexibility index (Phi) is 4.90. The lowest BCUT2D eigenvalue weighted by atomic mass is 10.2. The number of amidine groups is 1. The highest BCUT2D eigenvalue weighted by molar-refractivity contribution is 8.15. The average molecular weight is 429 g/mol. The molecule has 0 aliphatic carbocycles. The number of aliphatic imine (C=N–C) groups is 1. The number of nitrogens with zero attached hydrogens (tertiary/aromatic N) is 2. The monoisotopic (exact) mass is 428 g/mol. The Bertz CT molecular complexity index is 1010. The Morgan fingerprint density at radius 2 is 1.81 bits per heavy atom. The normalized spacial score (nSPS) is 23.1. The third-order valence-corrected chi connectivity index (χ3v) is 8.12. The van der Waals surface area contributed by atoms with Gasteiger partial charge in [-0.2, -0.15) is 0 Å². The number of sulfone groups is 1. The Hall–Kier alpha value is -1.64. The minimum Gasteiger partial charge on any atom is -0.317 e. The summed E-state index contributed by atoms with van der Waals surface area (Å²) in [4.78, 5) is 6.46. The second kappa shape index (κ2) is 7.07. The van der Waals surface area contributed by atoms with Gasteiger partial charge in [0.1, 0.15) is 11.6 Å². The minimum absolute atomic E-state index is 0.0444. The summed E-state index contributed by atoms with van der Waals surface area (Å²) in [7, 11) is -3.05. The van der Waals surface area contributed by atoms with Crippen LogP contribution in [0.4, 0.5) is 14.5 Å². The van der Waals surface area contributed by atoms with Crippen molar-refractivity contribution in [1.82, 2.24) is 0 Å². The van der Waals surface area contributed by atoms with Gasteiger partial charge in [0.05, 0.1) is 24.1 Å². The molecule has 27 heavy (non-hydrogen) atoms. The summed E-state index contributed by atoms with van der Waals surface area (Å²) >= 11 is 7.58. The molecule has 0 bridgehead atoms. The van der Waals surface area contributed by atoms with Crippen LogP contribution in [0.3, 0.4) is 0 Å². The minimum atomic E-state index is -3.05. The second-order valence-electron chi connectivity index (χ2n) is 6.51. The molecular formula is C18H15ClF2N2O2S2. The van der Waals surface area contributed by atoms with Gasteiger partial charge in [-0.1, -0.05) is 29.4 Å². The van der Waals surface area contributed by atoms with Crippen LogP contribution in [-0.4, -0.2) is 36.4 Å². The van der Waals surface area contributed by atoms with Crippen molar-refractivity contribution in [3.05, 3.63) is 64.7 Å². The summed E-state index contributed by atoms with van der Waals surface area (Å²) in [5.41, 5.74) is 1.39. The van der Waals surface area contributed by atoms with Crippen molar-refractivity contribution in [3.8, 4) is 0 Å². The number of rotatable bonds is 3. The van der Waals surface area contributed by atoms with E-state index in [1.54, 1.807) is 18.2 Å². The smallest absolute Gasteiger partial charge is 0.164 e. The predicted molar refractivity (Wildman–Crippen MR) is 105 cm³/mol. The molecule has 2 atom stereocenters. The fourth-order valence-electron chi connectivity index (χ4n) is 3.18. The van der Waals surface area contributed by atoms with E-state index >= 15 is 0 Å². The van der Waals surface area contributed by atoms with Crippen LogP contribution < -0.4 is 4.90 Å². The van der Waals surface area contributed by atoms with Crippen molar-refractivity contribution in [3.63, 3.8) is 0 Å². The van der Waals surface area contributed by atoms with Gasteiger partial charge in [-0.3, -0.25) is 4.99 Å². The summed E-state index contributed by atoms with van der Waals surface area (Å²) in [6.07, 6.45) is 0. The van der Waals surface area contributed by atoms with Crippen molar-refractivity contribution >= 4 is 44.1 Å². The first-order chi connectivity index (χ1) is 12.8. The zero-order valence-corrected chi connectivity index (χ0v) is 16.4. The van der Waals surface area contributed by atoms with Crippen LogP contribution in [0.5, 0.6) is 0 Å². The maximum atomic E-state index is 13.4. The van der Waals surface area contributed by atoms with E-state index in [1.165, 1.54) is 36.0 Å². The van der Waals surface area contributed by atoms with Crippen LogP contribution in [-0.2, 0) is 16.4 Å². The molecular weight excluding hydrogens is 414 g/mol. The number of anilines is 1. The van der Waals surface area contributed by atoms with Crippen molar-refractivity contribution in [2.75, 3.05) is 16.4 Å². The van der Waals surface area contributed by atoms with Crippen LogP contribution in [0.15, 0.2) is 47.5 Å². The maximum absolute atomic E-state index is 13.4. The lowest BCUT2D eigenvalue weighted by Gasteiger charge is -2.25. The summed E-state index contributed by atoms with van der Waals surface area (Å²) in [6.45, 7) is 0.308. The maximum Gasteiger partial charge on any atom is 0.164 e. The third-order valence-electron chi connectivity index (χ3n) is 4.52. The molecule has 9 heteroatoms. The largest absolute Gasteiger partial charge is 0.317 e. The van der Waals surface area contributed by atoms with Gasteiger partial charge in [-0.15, -0.1) is 0 Å². The molecule has 0 radical (unpaired) electrons. The SMILES string of the molecule is O=S1(=O)CC2N=C(N(Cc3ccc(F)cc3Cl)c3ccc(F)cc3)SC2C1. The first-order valence-corrected chi connectivity index (χ1v) is 11.3. The highest BCUT2D eigenvalue weighted by atomic mass is 35.5. The molecule has 2 aromatic carbocycles. The molecule has 2 heterocycles. The Morgan fingerprint density at radius 1 is 1.11 bits per heavy atom.